The highest BCUT2D eigenvalue weighted by atomic mass is 16.5. The molecule has 0 aliphatic carbocycles. The fraction of sp³-hybridized carbons (Fsp3) is 0.579. The monoisotopic (exact) mass is 328 g/mol. The first-order valence-corrected chi connectivity index (χ1v) is 8.91. The van der Waals surface area contributed by atoms with E-state index in [1.807, 2.05) is 19.2 Å². The Bertz CT molecular complexity index is 672. The summed E-state index contributed by atoms with van der Waals surface area (Å²) in [5.41, 5.74) is 3.08. The van der Waals surface area contributed by atoms with Gasteiger partial charge >= 0.3 is 0 Å². The standard InChI is InChI=1S/C19H28N4O/c1-13(2)11-20-16-5-7-23(8-6-16)19-17(9-14(3)12-21-19)18-10-15(4)22-24-18/h9-10,12-13,16,20H,5-8,11H2,1-4H3. The molecule has 3 rings (SSSR count). The minimum absolute atomic E-state index is 0.616. The second kappa shape index (κ2) is 7.34. The highest BCUT2D eigenvalue weighted by Gasteiger charge is 2.23. The van der Waals surface area contributed by atoms with Crippen molar-refractivity contribution in [2.75, 3.05) is 24.5 Å². The smallest absolute Gasteiger partial charge is 0.170 e. The van der Waals surface area contributed by atoms with Crippen molar-refractivity contribution in [3.63, 3.8) is 0 Å². The van der Waals surface area contributed by atoms with Crippen molar-refractivity contribution in [1.29, 1.82) is 0 Å². The molecule has 2 aromatic rings. The summed E-state index contributed by atoms with van der Waals surface area (Å²) in [6, 6.07) is 4.74. The molecule has 0 atom stereocenters. The second-order valence-corrected chi connectivity index (χ2v) is 7.28. The lowest BCUT2D eigenvalue weighted by Crippen LogP contribution is -2.44. The molecule has 0 saturated carbocycles. The summed E-state index contributed by atoms with van der Waals surface area (Å²) in [7, 11) is 0. The fourth-order valence-electron chi connectivity index (χ4n) is 3.18. The average molecular weight is 328 g/mol. The van der Waals surface area contributed by atoms with E-state index >= 15 is 0 Å². The predicted octanol–water partition coefficient (Wildman–Crippen LogP) is 3.57. The molecule has 24 heavy (non-hydrogen) atoms. The summed E-state index contributed by atoms with van der Waals surface area (Å²) >= 11 is 0. The number of pyridine rings is 1. The summed E-state index contributed by atoms with van der Waals surface area (Å²) in [6.07, 6.45) is 4.24. The SMILES string of the molecule is Cc1cnc(N2CCC(NCC(C)C)CC2)c(-c2cc(C)no2)c1. The van der Waals surface area contributed by atoms with Crippen molar-refractivity contribution in [2.45, 2.75) is 46.6 Å². The number of rotatable bonds is 5. The molecular weight excluding hydrogens is 300 g/mol. The zero-order valence-electron chi connectivity index (χ0n) is 15.2. The van der Waals surface area contributed by atoms with Crippen molar-refractivity contribution in [3.8, 4) is 11.3 Å². The molecule has 0 amide bonds. The topological polar surface area (TPSA) is 54.2 Å². The van der Waals surface area contributed by atoms with Crippen molar-refractivity contribution in [3.05, 3.63) is 29.6 Å². The molecule has 0 radical (unpaired) electrons. The predicted molar refractivity (Wildman–Crippen MR) is 97.3 cm³/mol. The molecule has 5 heteroatoms. The van der Waals surface area contributed by atoms with Gasteiger partial charge in [0, 0.05) is 31.4 Å². The summed E-state index contributed by atoms with van der Waals surface area (Å²) in [6.45, 7) is 11.6. The third-order valence-electron chi connectivity index (χ3n) is 4.51. The Morgan fingerprint density at radius 1 is 1.25 bits per heavy atom. The Kier molecular flexibility index (Phi) is 5.19. The number of hydrogen-bond donors (Lipinski definition) is 1. The molecule has 1 saturated heterocycles. The van der Waals surface area contributed by atoms with Crippen LogP contribution in [0.3, 0.4) is 0 Å². The van der Waals surface area contributed by atoms with Gasteiger partial charge in [-0.1, -0.05) is 19.0 Å². The summed E-state index contributed by atoms with van der Waals surface area (Å²) in [5, 5.41) is 7.71. The summed E-state index contributed by atoms with van der Waals surface area (Å²) < 4.78 is 5.49. The van der Waals surface area contributed by atoms with Gasteiger partial charge in [-0.25, -0.2) is 4.98 Å². The molecule has 0 bridgehead atoms. The Balaban J connectivity index is 1.74. The Labute approximate surface area is 144 Å². The lowest BCUT2D eigenvalue weighted by Gasteiger charge is -2.34. The maximum atomic E-state index is 5.49. The maximum Gasteiger partial charge on any atom is 0.170 e. The Hall–Kier alpha value is -1.88. The van der Waals surface area contributed by atoms with E-state index < -0.39 is 0 Å². The van der Waals surface area contributed by atoms with Gasteiger partial charge < -0.3 is 14.7 Å². The van der Waals surface area contributed by atoms with Gasteiger partial charge in [0.15, 0.2) is 5.76 Å². The highest BCUT2D eigenvalue weighted by molar-refractivity contribution is 5.73. The number of nitrogens with one attached hydrogen (secondary N) is 1. The zero-order valence-corrected chi connectivity index (χ0v) is 15.2. The normalized spacial score (nSPS) is 16.1. The van der Waals surface area contributed by atoms with Crippen LogP contribution in [0.1, 0.15) is 37.9 Å². The van der Waals surface area contributed by atoms with Crippen LogP contribution in [0.4, 0.5) is 5.82 Å². The van der Waals surface area contributed by atoms with Gasteiger partial charge in [0.1, 0.15) is 5.82 Å². The maximum absolute atomic E-state index is 5.49. The van der Waals surface area contributed by atoms with E-state index in [1.54, 1.807) is 0 Å². The van der Waals surface area contributed by atoms with Gasteiger partial charge in [0.2, 0.25) is 0 Å². The molecule has 3 heterocycles. The Morgan fingerprint density at radius 3 is 2.62 bits per heavy atom. The molecular formula is C19H28N4O. The van der Waals surface area contributed by atoms with Crippen molar-refractivity contribution < 1.29 is 4.52 Å². The van der Waals surface area contributed by atoms with E-state index in [0.29, 0.717) is 12.0 Å². The fourth-order valence-corrected chi connectivity index (χ4v) is 3.18. The molecule has 1 N–H and O–H groups in total. The van der Waals surface area contributed by atoms with Crippen LogP contribution in [0.25, 0.3) is 11.3 Å². The van der Waals surface area contributed by atoms with Crippen LogP contribution in [0, 0.1) is 19.8 Å². The quantitative estimate of drug-likeness (QED) is 0.909. The van der Waals surface area contributed by atoms with Crippen LogP contribution < -0.4 is 10.2 Å². The van der Waals surface area contributed by atoms with Gasteiger partial charge in [-0.3, -0.25) is 0 Å². The third-order valence-corrected chi connectivity index (χ3v) is 4.51. The Morgan fingerprint density at radius 2 is 2.00 bits per heavy atom. The minimum Gasteiger partial charge on any atom is -0.356 e. The molecule has 1 aliphatic heterocycles. The summed E-state index contributed by atoms with van der Waals surface area (Å²) in [4.78, 5) is 7.08. The van der Waals surface area contributed by atoms with E-state index in [-0.39, 0.29) is 0 Å². The molecule has 0 aromatic carbocycles. The van der Waals surface area contributed by atoms with Crippen molar-refractivity contribution in [2.24, 2.45) is 5.92 Å². The van der Waals surface area contributed by atoms with Crippen LogP contribution in [0.5, 0.6) is 0 Å². The van der Waals surface area contributed by atoms with Crippen LogP contribution in [0.2, 0.25) is 0 Å². The number of aromatic nitrogens is 2. The number of piperidine rings is 1. The van der Waals surface area contributed by atoms with Gasteiger partial charge in [-0.15, -0.1) is 0 Å². The van der Waals surface area contributed by atoms with Crippen LogP contribution >= 0.6 is 0 Å². The largest absolute Gasteiger partial charge is 0.356 e. The molecule has 0 unspecified atom stereocenters. The first-order valence-electron chi connectivity index (χ1n) is 8.91. The third kappa shape index (κ3) is 3.96. The number of hydrogen-bond acceptors (Lipinski definition) is 5. The molecule has 5 nitrogen and oxygen atoms in total. The first-order chi connectivity index (χ1) is 11.5. The van der Waals surface area contributed by atoms with Crippen molar-refractivity contribution >= 4 is 5.82 Å². The first kappa shape index (κ1) is 17.0. The summed E-state index contributed by atoms with van der Waals surface area (Å²) in [5.74, 6) is 2.51. The van der Waals surface area contributed by atoms with Gasteiger partial charge in [-0.2, -0.15) is 0 Å². The minimum atomic E-state index is 0.616. The van der Waals surface area contributed by atoms with E-state index in [2.05, 4.69) is 42.2 Å². The molecule has 0 spiro atoms. The van der Waals surface area contributed by atoms with Crippen LogP contribution in [-0.2, 0) is 0 Å². The lowest BCUT2D eigenvalue weighted by atomic mass is 10.0. The number of aryl methyl sites for hydroxylation is 2. The van der Waals surface area contributed by atoms with Crippen LogP contribution in [0.15, 0.2) is 22.9 Å². The molecule has 1 fully saturated rings. The van der Waals surface area contributed by atoms with Gasteiger partial charge in [-0.05, 0) is 50.8 Å². The van der Waals surface area contributed by atoms with Gasteiger partial charge in [0.25, 0.3) is 0 Å². The van der Waals surface area contributed by atoms with E-state index in [9.17, 15) is 0 Å². The number of nitrogens with zero attached hydrogens (tertiary/aromatic N) is 3. The van der Waals surface area contributed by atoms with Crippen molar-refractivity contribution in [1.82, 2.24) is 15.5 Å². The zero-order chi connectivity index (χ0) is 17.1. The molecule has 1 aliphatic rings. The number of anilines is 1. The molecule has 2 aromatic heterocycles. The van der Waals surface area contributed by atoms with Crippen LogP contribution in [-0.4, -0.2) is 35.8 Å². The highest BCUT2D eigenvalue weighted by Crippen LogP contribution is 2.31. The second-order valence-electron chi connectivity index (χ2n) is 7.28. The van der Waals surface area contributed by atoms with E-state index in [0.717, 1.165) is 60.9 Å². The van der Waals surface area contributed by atoms with E-state index in [4.69, 9.17) is 9.51 Å². The van der Waals surface area contributed by atoms with Gasteiger partial charge in [0.05, 0.1) is 11.3 Å². The lowest BCUT2D eigenvalue weighted by molar-refractivity contribution is 0.391. The molecule has 130 valence electrons. The van der Waals surface area contributed by atoms with E-state index in [1.165, 1.54) is 0 Å². The average Bonchev–Trinajstić information content (AvgIpc) is 3.00.